The van der Waals surface area contributed by atoms with Gasteiger partial charge >= 0.3 is 0 Å². The molecule has 0 saturated carbocycles. The van der Waals surface area contributed by atoms with Crippen molar-refractivity contribution in [1.82, 2.24) is 24.1 Å². The molecule has 0 aliphatic carbocycles. The number of H-pyrrole nitrogens is 1. The van der Waals surface area contributed by atoms with E-state index in [1.54, 1.807) is 10.5 Å². The number of aryl methyl sites for hydroxylation is 1. The fourth-order valence-electron chi connectivity index (χ4n) is 4.47. The van der Waals surface area contributed by atoms with Gasteiger partial charge in [-0.25, -0.2) is 17.7 Å². The molecule has 5 rings (SSSR count). The Hall–Kier alpha value is -2.97. The SMILES string of the molecule is O=S(=O)(CCc1ccccc1)N1CCC(Cn2cnc3cc(-c4cn[nH]c4)ccc32)CC1. The predicted octanol–water partition coefficient (Wildman–Crippen LogP) is 3.71. The molecule has 2 aromatic carbocycles. The fraction of sp³-hybridized carbons (Fsp3) is 0.333. The Labute approximate surface area is 188 Å². The van der Waals surface area contributed by atoms with Crippen molar-refractivity contribution >= 4 is 21.1 Å². The third-order valence-corrected chi connectivity index (χ3v) is 8.24. The van der Waals surface area contributed by atoms with Crippen LogP contribution >= 0.6 is 0 Å². The van der Waals surface area contributed by atoms with E-state index < -0.39 is 10.0 Å². The van der Waals surface area contributed by atoms with Gasteiger partial charge in [0.15, 0.2) is 0 Å². The monoisotopic (exact) mass is 449 g/mol. The van der Waals surface area contributed by atoms with Crippen LogP contribution in [0.2, 0.25) is 0 Å². The number of aromatic nitrogens is 4. The summed E-state index contributed by atoms with van der Waals surface area (Å²) in [5.74, 6) is 0.619. The summed E-state index contributed by atoms with van der Waals surface area (Å²) in [7, 11) is -3.22. The Bertz CT molecular complexity index is 1270. The second kappa shape index (κ2) is 8.88. The van der Waals surface area contributed by atoms with Crippen molar-refractivity contribution in [3.05, 3.63) is 72.8 Å². The molecule has 0 atom stereocenters. The second-order valence-corrected chi connectivity index (χ2v) is 10.6. The molecule has 0 spiro atoms. The Morgan fingerprint density at radius 3 is 2.59 bits per heavy atom. The molecule has 0 bridgehead atoms. The lowest BCUT2D eigenvalue weighted by Crippen LogP contribution is -2.40. The Balaban J connectivity index is 1.19. The van der Waals surface area contributed by atoms with Gasteiger partial charge in [-0.1, -0.05) is 36.4 Å². The van der Waals surface area contributed by atoms with E-state index in [2.05, 4.69) is 37.9 Å². The Morgan fingerprint density at radius 2 is 1.84 bits per heavy atom. The molecule has 1 fully saturated rings. The number of benzene rings is 2. The molecule has 1 aliphatic heterocycles. The number of hydrogen-bond acceptors (Lipinski definition) is 4. The van der Waals surface area contributed by atoms with E-state index in [-0.39, 0.29) is 5.75 Å². The van der Waals surface area contributed by atoms with Gasteiger partial charge in [0.25, 0.3) is 0 Å². The molecule has 166 valence electrons. The first-order valence-electron chi connectivity index (χ1n) is 11.0. The van der Waals surface area contributed by atoms with E-state index in [1.165, 1.54) is 0 Å². The van der Waals surface area contributed by atoms with E-state index in [0.29, 0.717) is 25.4 Å². The number of sulfonamides is 1. The maximum atomic E-state index is 12.8. The smallest absolute Gasteiger partial charge is 0.214 e. The molecule has 3 heterocycles. The third-order valence-electron chi connectivity index (χ3n) is 6.37. The van der Waals surface area contributed by atoms with Crippen LogP contribution in [0.5, 0.6) is 0 Å². The number of hydrogen-bond donors (Lipinski definition) is 1. The molecule has 8 heteroatoms. The van der Waals surface area contributed by atoms with Gasteiger partial charge in [-0.05, 0) is 48.4 Å². The van der Waals surface area contributed by atoms with Crippen LogP contribution < -0.4 is 0 Å². The average Bonchev–Trinajstić information content (AvgIpc) is 3.49. The molecule has 4 aromatic rings. The van der Waals surface area contributed by atoms with Crippen LogP contribution in [0.3, 0.4) is 0 Å². The molecule has 0 unspecified atom stereocenters. The Morgan fingerprint density at radius 1 is 1.03 bits per heavy atom. The van der Waals surface area contributed by atoms with Crippen molar-refractivity contribution in [2.75, 3.05) is 18.8 Å². The molecule has 1 saturated heterocycles. The summed E-state index contributed by atoms with van der Waals surface area (Å²) in [6.45, 7) is 2.05. The molecular formula is C24H27N5O2S. The van der Waals surface area contributed by atoms with Gasteiger partial charge < -0.3 is 4.57 Å². The number of nitrogens with zero attached hydrogens (tertiary/aromatic N) is 4. The van der Waals surface area contributed by atoms with Crippen LogP contribution in [-0.2, 0) is 23.0 Å². The van der Waals surface area contributed by atoms with Gasteiger partial charge in [0.2, 0.25) is 10.0 Å². The first-order chi connectivity index (χ1) is 15.6. The summed E-state index contributed by atoms with van der Waals surface area (Å²) in [4.78, 5) is 4.59. The minimum Gasteiger partial charge on any atom is -0.330 e. The highest BCUT2D eigenvalue weighted by molar-refractivity contribution is 7.89. The fourth-order valence-corrected chi connectivity index (χ4v) is 5.99. The standard InChI is InChI=1S/C24H27N5O2S/c30-32(31,13-10-19-4-2-1-3-5-19)29-11-8-20(9-12-29)17-28-18-25-23-14-21(6-7-24(23)28)22-15-26-27-16-22/h1-7,14-16,18,20H,8-13,17H2,(H,26,27). The van der Waals surface area contributed by atoms with Gasteiger partial charge in [-0.2, -0.15) is 5.10 Å². The first-order valence-corrected chi connectivity index (χ1v) is 12.7. The molecule has 32 heavy (non-hydrogen) atoms. The lowest BCUT2D eigenvalue weighted by atomic mass is 9.98. The highest BCUT2D eigenvalue weighted by Crippen LogP contribution is 2.26. The second-order valence-electron chi connectivity index (χ2n) is 8.48. The molecule has 7 nitrogen and oxygen atoms in total. The van der Waals surface area contributed by atoms with Crippen molar-refractivity contribution in [3.8, 4) is 11.1 Å². The van der Waals surface area contributed by atoms with Crippen molar-refractivity contribution in [2.45, 2.75) is 25.8 Å². The minimum atomic E-state index is -3.22. The van der Waals surface area contributed by atoms with Crippen LogP contribution in [0.1, 0.15) is 18.4 Å². The number of rotatable bonds is 7. The van der Waals surface area contributed by atoms with Crippen LogP contribution in [0, 0.1) is 5.92 Å². The number of nitrogens with one attached hydrogen (secondary N) is 1. The third kappa shape index (κ3) is 4.47. The summed E-state index contributed by atoms with van der Waals surface area (Å²) < 4.78 is 29.5. The highest BCUT2D eigenvalue weighted by atomic mass is 32.2. The summed E-state index contributed by atoms with van der Waals surface area (Å²) in [6, 6.07) is 16.1. The minimum absolute atomic E-state index is 0.173. The van der Waals surface area contributed by atoms with Crippen LogP contribution in [-0.4, -0.2) is 51.3 Å². The zero-order valence-corrected chi connectivity index (χ0v) is 18.7. The normalized spacial score (nSPS) is 16.0. The quantitative estimate of drug-likeness (QED) is 0.466. The molecule has 1 N–H and O–H groups in total. The van der Waals surface area contributed by atoms with Crippen molar-refractivity contribution < 1.29 is 8.42 Å². The van der Waals surface area contributed by atoms with Gasteiger partial charge in [0, 0.05) is 31.4 Å². The van der Waals surface area contributed by atoms with E-state index in [1.807, 2.05) is 42.9 Å². The number of imidazole rings is 1. The number of piperidine rings is 1. The van der Waals surface area contributed by atoms with Crippen LogP contribution in [0.4, 0.5) is 0 Å². The summed E-state index contributed by atoms with van der Waals surface area (Å²) in [6.07, 6.45) is 7.88. The highest BCUT2D eigenvalue weighted by Gasteiger charge is 2.28. The average molecular weight is 450 g/mol. The van der Waals surface area contributed by atoms with Crippen LogP contribution in [0.15, 0.2) is 67.3 Å². The zero-order chi connectivity index (χ0) is 22.0. The van der Waals surface area contributed by atoms with Gasteiger partial charge in [-0.15, -0.1) is 0 Å². The van der Waals surface area contributed by atoms with E-state index in [0.717, 1.165) is 47.1 Å². The molecule has 1 aliphatic rings. The van der Waals surface area contributed by atoms with Crippen LogP contribution in [0.25, 0.3) is 22.2 Å². The number of fused-ring (bicyclic) bond motifs is 1. The molecular weight excluding hydrogens is 422 g/mol. The zero-order valence-electron chi connectivity index (χ0n) is 17.9. The van der Waals surface area contributed by atoms with Gasteiger partial charge in [0.05, 0.1) is 29.3 Å². The Kier molecular flexibility index (Phi) is 5.80. The largest absolute Gasteiger partial charge is 0.330 e. The van der Waals surface area contributed by atoms with E-state index in [9.17, 15) is 8.42 Å². The van der Waals surface area contributed by atoms with E-state index >= 15 is 0 Å². The van der Waals surface area contributed by atoms with Gasteiger partial charge in [-0.3, -0.25) is 5.10 Å². The maximum absolute atomic E-state index is 12.8. The maximum Gasteiger partial charge on any atom is 0.214 e. The van der Waals surface area contributed by atoms with Gasteiger partial charge in [0.1, 0.15) is 0 Å². The molecule has 0 amide bonds. The predicted molar refractivity (Wildman–Crippen MR) is 126 cm³/mol. The lowest BCUT2D eigenvalue weighted by molar-refractivity contribution is 0.254. The molecule has 2 aromatic heterocycles. The number of aromatic amines is 1. The summed E-state index contributed by atoms with van der Waals surface area (Å²) in [5, 5.41) is 6.86. The topological polar surface area (TPSA) is 83.9 Å². The first kappa shape index (κ1) is 20.9. The van der Waals surface area contributed by atoms with Crippen molar-refractivity contribution in [3.63, 3.8) is 0 Å². The van der Waals surface area contributed by atoms with Crippen molar-refractivity contribution in [2.24, 2.45) is 5.92 Å². The lowest BCUT2D eigenvalue weighted by Gasteiger charge is -2.31. The summed E-state index contributed by atoms with van der Waals surface area (Å²) >= 11 is 0. The summed E-state index contributed by atoms with van der Waals surface area (Å²) in [5.41, 5.74) is 5.27. The molecule has 0 radical (unpaired) electrons. The van der Waals surface area contributed by atoms with E-state index in [4.69, 9.17) is 0 Å². The van der Waals surface area contributed by atoms with Crippen molar-refractivity contribution in [1.29, 1.82) is 0 Å².